The van der Waals surface area contributed by atoms with Gasteiger partial charge in [-0.25, -0.2) is 4.79 Å². The number of nitrogens with zero attached hydrogens (tertiary/aromatic N) is 1. The molecule has 1 aliphatic rings. The maximum Gasteiger partial charge on any atom is 0.335 e. The molecule has 1 heterocycles. The van der Waals surface area contributed by atoms with E-state index in [0.29, 0.717) is 31.5 Å². The molecule has 6 nitrogen and oxygen atoms in total. The van der Waals surface area contributed by atoms with Gasteiger partial charge < -0.3 is 15.3 Å². The lowest BCUT2D eigenvalue weighted by atomic mass is 9.95. The van der Waals surface area contributed by atoms with E-state index in [1.807, 2.05) is 30.3 Å². The lowest BCUT2D eigenvalue weighted by molar-refractivity contribution is -0.121. The Morgan fingerprint density at radius 1 is 0.923 bits per heavy atom. The second-order valence-electron chi connectivity index (χ2n) is 6.31. The van der Waals surface area contributed by atoms with Crippen molar-refractivity contribution < 1.29 is 19.5 Å². The van der Waals surface area contributed by atoms with Crippen LogP contribution in [0.5, 0.6) is 0 Å². The fraction of sp³-hybridized carbons (Fsp3) is 0.250. The van der Waals surface area contributed by atoms with Gasteiger partial charge in [0.1, 0.15) is 0 Å². The predicted octanol–water partition coefficient (Wildman–Crippen LogP) is 2.88. The topological polar surface area (TPSA) is 86.7 Å². The summed E-state index contributed by atoms with van der Waals surface area (Å²) in [6, 6.07) is 15.3. The van der Waals surface area contributed by atoms with Crippen LogP contribution in [-0.4, -0.2) is 40.9 Å². The van der Waals surface area contributed by atoms with Crippen LogP contribution in [-0.2, 0) is 4.79 Å². The first-order valence-electron chi connectivity index (χ1n) is 8.53. The van der Waals surface area contributed by atoms with Gasteiger partial charge in [-0.15, -0.1) is 0 Å². The van der Waals surface area contributed by atoms with Gasteiger partial charge in [0.05, 0.1) is 5.56 Å². The molecule has 0 atom stereocenters. The molecule has 2 aromatic carbocycles. The van der Waals surface area contributed by atoms with Gasteiger partial charge in [-0.1, -0.05) is 24.3 Å². The number of hydrogen-bond acceptors (Lipinski definition) is 3. The molecule has 0 saturated carbocycles. The van der Waals surface area contributed by atoms with Gasteiger partial charge in [0.2, 0.25) is 5.91 Å². The molecular formula is C20H20N2O4. The monoisotopic (exact) mass is 352 g/mol. The largest absolute Gasteiger partial charge is 0.478 e. The van der Waals surface area contributed by atoms with Crippen LogP contribution in [0.3, 0.4) is 0 Å². The van der Waals surface area contributed by atoms with Crippen LogP contribution in [0.1, 0.15) is 33.6 Å². The fourth-order valence-corrected chi connectivity index (χ4v) is 3.08. The Hall–Kier alpha value is -3.15. The van der Waals surface area contributed by atoms with Crippen molar-refractivity contribution in [2.45, 2.75) is 12.8 Å². The Morgan fingerprint density at radius 2 is 1.58 bits per heavy atom. The summed E-state index contributed by atoms with van der Waals surface area (Å²) in [5.74, 6) is -1.42. The number of likely N-dealkylation sites (tertiary alicyclic amines) is 1. The van der Waals surface area contributed by atoms with Crippen LogP contribution in [0.2, 0.25) is 0 Å². The van der Waals surface area contributed by atoms with Gasteiger partial charge in [0.25, 0.3) is 5.91 Å². The molecule has 26 heavy (non-hydrogen) atoms. The van der Waals surface area contributed by atoms with Gasteiger partial charge in [-0.3, -0.25) is 9.59 Å². The van der Waals surface area contributed by atoms with Crippen molar-refractivity contribution in [3.05, 3.63) is 65.7 Å². The molecule has 1 aliphatic heterocycles. The van der Waals surface area contributed by atoms with Gasteiger partial charge >= 0.3 is 5.97 Å². The van der Waals surface area contributed by atoms with Crippen LogP contribution in [0.25, 0.3) is 0 Å². The standard InChI is InChI=1S/C20H20N2O4/c23-18(21-17-7-2-1-3-8-17)14-9-11-22(12-10-14)19(24)15-5-4-6-16(13-15)20(25)26/h1-8,13-14H,9-12H2,(H,21,23)(H,25,26). The number of para-hydroxylation sites is 1. The van der Waals surface area contributed by atoms with Crippen LogP contribution in [0.15, 0.2) is 54.6 Å². The van der Waals surface area contributed by atoms with E-state index in [2.05, 4.69) is 5.32 Å². The quantitative estimate of drug-likeness (QED) is 0.886. The molecule has 0 radical (unpaired) electrons. The summed E-state index contributed by atoms with van der Waals surface area (Å²) in [6.45, 7) is 0.950. The van der Waals surface area contributed by atoms with E-state index in [4.69, 9.17) is 5.11 Å². The lowest BCUT2D eigenvalue weighted by Gasteiger charge is -2.31. The molecule has 134 valence electrons. The molecule has 3 rings (SSSR count). The number of benzene rings is 2. The number of rotatable bonds is 4. The zero-order valence-electron chi connectivity index (χ0n) is 14.2. The van der Waals surface area contributed by atoms with E-state index in [0.717, 1.165) is 5.69 Å². The summed E-state index contributed by atoms with van der Waals surface area (Å²) in [7, 11) is 0. The Bertz CT molecular complexity index is 812. The van der Waals surface area contributed by atoms with E-state index < -0.39 is 5.97 Å². The molecule has 2 amide bonds. The number of carbonyl (C=O) groups is 3. The first kappa shape index (κ1) is 17.7. The Balaban J connectivity index is 1.58. The Morgan fingerprint density at radius 3 is 2.23 bits per heavy atom. The zero-order valence-corrected chi connectivity index (χ0v) is 14.2. The third kappa shape index (κ3) is 4.08. The molecule has 0 aliphatic carbocycles. The van der Waals surface area contributed by atoms with E-state index in [1.165, 1.54) is 12.1 Å². The molecule has 1 fully saturated rings. The minimum atomic E-state index is -1.06. The number of anilines is 1. The van der Waals surface area contributed by atoms with Crippen molar-refractivity contribution in [1.82, 2.24) is 4.90 Å². The highest BCUT2D eigenvalue weighted by Crippen LogP contribution is 2.21. The molecule has 6 heteroatoms. The SMILES string of the molecule is O=C(O)c1cccc(C(=O)N2CCC(C(=O)Nc3ccccc3)CC2)c1. The number of carbonyl (C=O) groups excluding carboxylic acids is 2. The minimum absolute atomic E-state index is 0.0313. The van der Waals surface area contributed by atoms with E-state index in [-0.39, 0.29) is 23.3 Å². The van der Waals surface area contributed by atoms with Gasteiger partial charge in [0.15, 0.2) is 0 Å². The number of piperidine rings is 1. The Labute approximate surface area is 151 Å². The van der Waals surface area contributed by atoms with Crippen molar-refractivity contribution in [3.63, 3.8) is 0 Å². The average Bonchev–Trinajstić information content (AvgIpc) is 2.68. The van der Waals surface area contributed by atoms with Crippen LogP contribution >= 0.6 is 0 Å². The number of carboxylic acids is 1. The fourth-order valence-electron chi connectivity index (χ4n) is 3.08. The van der Waals surface area contributed by atoms with Crippen molar-refractivity contribution in [3.8, 4) is 0 Å². The molecule has 0 unspecified atom stereocenters. The summed E-state index contributed by atoms with van der Waals surface area (Å²) >= 11 is 0. The molecular weight excluding hydrogens is 332 g/mol. The second kappa shape index (κ2) is 7.82. The summed E-state index contributed by atoms with van der Waals surface area (Å²) in [4.78, 5) is 37.7. The molecule has 0 bridgehead atoms. The third-order valence-corrected chi connectivity index (χ3v) is 4.55. The summed E-state index contributed by atoms with van der Waals surface area (Å²) in [5.41, 5.74) is 1.21. The smallest absolute Gasteiger partial charge is 0.335 e. The molecule has 1 saturated heterocycles. The molecule has 0 spiro atoms. The molecule has 2 N–H and O–H groups in total. The average molecular weight is 352 g/mol. The van der Waals surface area contributed by atoms with Gasteiger partial charge in [0, 0.05) is 30.3 Å². The minimum Gasteiger partial charge on any atom is -0.478 e. The number of amides is 2. The van der Waals surface area contributed by atoms with Gasteiger partial charge in [-0.2, -0.15) is 0 Å². The summed E-state index contributed by atoms with van der Waals surface area (Å²) in [5, 5.41) is 11.9. The van der Waals surface area contributed by atoms with Crippen LogP contribution in [0.4, 0.5) is 5.69 Å². The first-order valence-corrected chi connectivity index (χ1v) is 8.53. The van der Waals surface area contributed by atoms with E-state index >= 15 is 0 Å². The maximum absolute atomic E-state index is 12.6. The number of hydrogen-bond donors (Lipinski definition) is 2. The van der Waals surface area contributed by atoms with Crippen LogP contribution < -0.4 is 5.32 Å². The normalized spacial score (nSPS) is 14.7. The number of nitrogens with one attached hydrogen (secondary N) is 1. The summed E-state index contributed by atoms with van der Waals surface area (Å²) in [6.07, 6.45) is 1.17. The van der Waals surface area contributed by atoms with Crippen LogP contribution in [0, 0.1) is 5.92 Å². The highest BCUT2D eigenvalue weighted by Gasteiger charge is 2.28. The van der Waals surface area contributed by atoms with E-state index in [1.54, 1.807) is 17.0 Å². The predicted molar refractivity (Wildman–Crippen MR) is 97.1 cm³/mol. The number of aromatic carboxylic acids is 1. The molecule has 2 aromatic rings. The van der Waals surface area contributed by atoms with Crippen molar-refractivity contribution in [1.29, 1.82) is 0 Å². The third-order valence-electron chi connectivity index (χ3n) is 4.55. The zero-order chi connectivity index (χ0) is 18.5. The summed E-state index contributed by atoms with van der Waals surface area (Å²) < 4.78 is 0. The van der Waals surface area contributed by atoms with Gasteiger partial charge in [-0.05, 0) is 43.2 Å². The molecule has 0 aromatic heterocycles. The number of carboxylic acid groups (broad SMARTS) is 1. The Kier molecular flexibility index (Phi) is 5.31. The lowest BCUT2D eigenvalue weighted by Crippen LogP contribution is -2.41. The highest BCUT2D eigenvalue weighted by atomic mass is 16.4. The maximum atomic E-state index is 12.6. The van der Waals surface area contributed by atoms with Crippen molar-refractivity contribution in [2.75, 3.05) is 18.4 Å². The first-order chi connectivity index (χ1) is 12.5. The second-order valence-corrected chi connectivity index (χ2v) is 6.31. The van der Waals surface area contributed by atoms with E-state index in [9.17, 15) is 14.4 Å². The van der Waals surface area contributed by atoms with Crippen molar-refractivity contribution in [2.24, 2.45) is 5.92 Å². The van der Waals surface area contributed by atoms with Crippen molar-refractivity contribution >= 4 is 23.5 Å². The highest BCUT2D eigenvalue weighted by molar-refractivity contribution is 5.98.